The molecule has 3 rings (SSSR count). The molecular formula is C14H12FN3O2. The highest BCUT2D eigenvalue weighted by molar-refractivity contribution is 6.00. The van der Waals surface area contributed by atoms with Crippen molar-refractivity contribution in [1.82, 2.24) is 14.9 Å². The first kappa shape index (κ1) is 12.5. The van der Waals surface area contributed by atoms with E-state index in [9.17, 15) is 9.18 Å². The molecule has 0 N–H and O–H groups in total. The van der Waals surface area contributed by atoms with Gasteiger partial charge in [0.1, 0.15) is 12.4 Å². The summed E-state index contributed by atoms with van der Waals surface area (Å²) in [6.45, 7) is 0.673. The zero-order chi connectivity index (χ0) is 14.1. The van der Waals surface area contributed by atoms with E-state index in [0.29, 0.717) is 23.7 Å². The molecule has 0 aliphatic carbocycles. The molecule has 20 heavy (non-hydrogen) atoms. The minimum absolute atomic E-state index is 0.0596. The first-order valence-electron chi connectivity index (χ1n) is 6.12. The topological polar surface area (TPSA) is 55.3 Å². The average molecular weight is 273 g/mol. The van der Waals surface area contributed by atoms with Gasteiger partial charge in [-0.3, -0.25) is 4.79 Å². The zero-order valence-corrected chi connectivity index (χ0v) is 10.8. The minimum atomic E-state index is -0.494. The minimum Gasteiger partial charge on any atom is -0.485 e. The summed E-state index contributed by atoms with van der Waals surface area (Å²) in [6.07, 6.45) is 2.17. The summed E-state index contributed by atoms with van der Waals surface area (Å²) in [4.78, 5) is 21.3. The summed E-state index contributed by atoms with van der Waals surface area (Å²) < 4.78 is 18.3. The van der Waals surface area contributed by atoms with Crippen LogP contribution < -0.4 is 4.74 Å². The summed E-state index contributed by atoms with van der Waals surface area (Å²) >= 11 is 0. The molecule has 0 radical (unpaired) electrons. The lowest BCUT2D eigenvalue weighted by Gasteiger charge is -2.09. The van der Waals surface area contributed by atoms with Crippen molar-refractivity contribution in [2.24, 2.45) is 0 Å². The van der Waals surface area contributed by atoms with Crippen LogP contribution in [0.1, 0.15) is 21.7 Å². The Balaban J connectivity index is 1.81. The number of carbonyl (C=O) groups is 1. The van der Waals surface area contributed by atoms with Crippen LogP contribution in [0.25, 0.3) is 0 Å². The third-order valence-electron chi connectivity index (χ3n) is 3.11. The van der Waals surface area contributed by atoms with Crippen LogP contribution in [-0.2, 0) is 13.2 Å². The number of aromatic nitrogens is 2. The summed E-state index contributed by atoms with van der Waals surface area (Å²) in [6, 6.07) is 5.48. The number of fused-ring (bicyclic) bond motifs is 1. The van der Waals surface area contributed by atoms with Crippen LogP contribution in [0.3, 0.4) is 0 Å². The molecule has 5 nitrogen and oxygen atoms in total. The van der Waals surface area contributed by atoms with Crippen molar-refractivity contribution in [3.05, 3.63) is 53.4 Å². The van der Waals surface area contributed by atoms with Crippen molar-refractivity contribution in [2.75, 3.05) is 7.05 Å². The van der Waals surface area contributed by atoms with Gasteiger partial charge in [0.05, 0.1) is 18.0 Å². The number of ether oxygens (including phenoxy) is 1. The van der Waals surface area contributed by atoms with Crippen LogP contribution in [-0.4, -0.2) is 27.8 Å². The number of hydrogen-bond donors (Lipinski definition) is 0. The quantitative estimate of drug-likeness (QED) is 0.855. The smallest absolute Gasteiger partial charge is 0.258 e. The molecule has 0 unspecified atom stereocenters. The predicted molar refractivity (Wildman–Crippen MR) is 68.6 cm³/mol. The van der Waals surface area contributed by atoms with E-state index >= 15 is 0 Å². The number of carbonyl (C=O) groups excluding carboxylic acids is 1. The predicted octanol–water partition coefficient (Wildman–Crippen LogP) is 1.78. The van der Waals surface area contributed by atoms with Crippen LogP contribution in [0.4, 0.5) is 4.39 Å². The van der Waals surface area contributed by atoms with Crippen LogP contribution in [0.5, 0.6) is 5.75 Å². The standard InChI is InChI=1S/C14H12FN3O2/c1-18-7-9-3-2-4-11(13(9)14(18)19)20-8-12-16-5-10(15)6-17-12/h2-6H,7-8H2,1H3. The Morgan fingerprint density at radius 3 is 2.85 bits per heavy atom. The Kier molecular flexibility index (Phi) is 3.06. The molecule has 0 atom stereocenters. The maximum absolute atomic E-state index is 12.7. The van der Waals surface area contributed by atoms with Gasteiger partial charge in [0.2, 0.25) is 0 Å². The maximum Gasteiger partial charge on any atom is 0.258 e. The number of rotatable bonds is 3. The highest BCUT2D eigenvalue weighted by Crippen LogP contribution is 2.30. The van der Waals surface area contributed by atoms with E-state index in [2.05, 4.69) is 9.97 Å². The van der Waals surface area contributed by atoms with Gasteiger partial charge >= 0.3 is 0 Å². The Hall–Kier alpha value is -2.50. The van der Waals surface area contributed by atoms with E-state index in [1.165, 1.54) is 0 Å². The fourth-order valence-electron chi connectivity index (χ4n) is 2.15. The van der Waals surface area contributed by atoms with Crippen molar-refractivity contribution in [2.45, 2.75) is 13.2 Å². The highest BCUT2D eigenvalue weighted by Gasteiger charge is 2.27. The third-order valence-corrected chi connectivity index (χ3v) is 3.11. The first-order chi connectivity index (χ1) is 9.65. The summed E-state index contributed by atoms with van der Waals surface area (Å²) in [5, 5.41) is 0. The normalized spacial score (nSPS) is 13.5. The van der Waals surface area contributed by atoms with Gasteiger partial charge in [-0.05, 0) is 11.6 Å². The van der Waals surface area contributed by atoms with E-state index in [1.54, 1.807) is 18.0 Å². The molecule has 2 aromatic rings. The molecule has 2 heterocycles. The number of hydrogen-bond acceptors (Lipinski definition) is 4. The molecule has 1 aliphatic rings. The zero-order valence-electron chi connectivity index (χ0n) is 10.8. The SMILES string of the molecule is CN1Cc2cccc(OCc3ncc(F)cn3)c2C1=O. The maximum atomic E-state index is 12.7. The largest absolute Gasteiger partial charge is 0.485 e. The Morgan fingerprint density at radius 1 is 1.35 bits per heavy atom. The molecule has 1 aromatic carbocycles. The van der Waals surface area contributed by atoms with Crippen LogP contribution in [0.15, 0.2) is 30.6 Å². The fraction of sp³-hybridized carbons (Fsp3) is 0.214. The van der Waals surface area contributed by atoms with Crippen LogP contribution in [0.2, 0.25) is 0 Å². The van der Waals surface area contributed by atoms with Gasteiger partial charge in [-0.2, -0.15) is 0 Å². The molecule has 0 bridgehead atoms. The van der Waals surface area contributed by atoms with Crippen molar-refractivity contribution < 1.29 is 13.9 Å². The van der Waals surface area contributed by atoms with Crippen molar-refractivity contribution in [3.8, 4) is 5.75 Å². The number of halogens is 1. The second-order valence-electron chi connectivity index (χ2n) is 4.56. The summed E-state index contributed by atoms with van der Waals surface area (Å²) in [7, 11) is 1.75. The summed E-state index contributed by atoms with van der Waals surface area (Å²) in [5.41, 5.74) is 1.52. The Bertz CT molecular complexity index is 658. The lowest BCUT2D eigenvalue weighted by atomic mass is 10.1. The molecule has 1 amide bonds. The van der Waals surface area contributed by atoms with E-state index in [-0.39, 0.29) is 12.5 Å². The number of nitrogens with zero attached hydrogens (tertiary/aromatic N) is 3. The van der Waals surface area contributed by atoms with E-state index in [4.69, 9.17) is 4.74 Å². The van der Waals surface area contributed by atoms with Gasteiger partial charge in [-0.25, -0.2) is 14.4 Å². The van der Waals surface area contributed by atoms with Gasteiger partial charge in [0.15, 0.2) is 11.6 Å². The number of amides is 1. The molecule has 0 saturated heterocycles. The van der Waals surface area contributed by atoms with Gasteiger partial charge in [0, 0.05) is 13.6 Å². The van der Waals surface area contributed by atoms with E-state index in [0.717, 1.165) is 18.0 Å². The van der Waals surface area contributed by atoms with Crippen molar-refractivity contribution >= 4 is 5.91 Å². The molecule has 0 saturated carbocycles. The second-order valence-corrected chi connectivity index (χ2v) is 4.56. The van der Waals surface area contributed by atoms with Gasteiger partial charge < -0.3 is 9.64 Å². The van der Waals surface area contributed by atoms with Gasteiger partial charge in [-0.1, -0.05) is 12.1 Å². The van der Waals surface area contributed by atoms with E-state index in [1.807, 2.05) is 12.1 Å². The lowest BCUT2D eigenvalue weighted by Crippen LogP contribution is -2.18. The molecule has 0 fully saturated rings. The Morgan fingerprint density at radius 2 is 2.10 bits per heavy atom. The fourth-order valence-corrected chi connectivity index (χ4v) is 2.15. The van der Waals surface area contributed by atoms with Crippen LogP contribution >= 0.6 is 0 Å². The second kappa shape index (κ2) is 4.88. The molecule has 6 heteroatoms. The van der Waals surface area contributed by atoms with E-state index < -0.39 is 5.82 Å². The first-order valence-corrected chi connectivity index (χ1v) is 6.12. The summed E-state index contributed by atoms with van der Waals surface area (Å²) in [5.74, 6) is 0.314. The van der Waals surface area contributed by atoms with Crippen molar-refractivity contribution in [3.63, 3.8) is 0 Å². The van der Waals surface area contributed by atoms with Gasteiger partial charge in [0.25, 0.3) is 5.91 Å². The average Bonchev–Trinajstić information content (AvgIpc) is 2.74. The lowest BCUT2D eigenvalue weighted by molar-refractivity contribution is 0.0812. The Labute approximate surface area is 115 Å². The van der Waals surface area contributed by atoms with Crippen LogP contribution in [0, 0.1) is 5.82 Å². The van der Waals surface area contributed by atoms with Crippen molar-refractivity contribution in [1.29, 1.82) is 0 Å². The molecule has 1 aromatic heterocycles. The highest BCUT2D eigenvalue weighted by atomic mass is 19.1. The molecule has 102 valence electrons. The number of benzene rings is 1. The molecule has 1 aliphatic heterocycles. The third kappa shape index (κ3) is 2.20. The molecule has 0 spiro atoms. The monoisotopic (exact) mass is 273 g/mol. The van der Waals surface area contributed by atoms with Gasteiger partial charge in [-0.15, -0.1) is 0 Å². The molecular weight excluding hydrogens is 261 g/mol.